The summed E-state index contributed by atoms with van der Waals surface area (Å²) in [7, 11) is 0. The Labute approximate surface area is 112 Å². The van der Waals surface area contributed by atoms with Gasteiger partial charge in [0, 0.05) is 13.1 Å². The molecule has 102 valence electrons. The number of aliphatic hydroxyl groups is 1. The van der Waals surface area contributed by atoms with E-state index in [1.165, 1.54) is 4.90 Å². The summed E-state index contributed by atoms with van der Waals surface area (Å²) in [5.41, 5.74) is 6.70. The first-order chi connectivity index (χ1) is 9.16. The lowest BCUT2D eigenvalue weighted by Crippen LogP contribution is -2.45. The number of carbonyl (C=O) groups is 1. The summed E-state index contributed by atoms with van der Waals surface area (Å²) in [5.74, 6) is 0. The van der Waals surface area contributed by atoms with Gasteiger partial charge in [-0.25, -0.2) is 4.79 Å². The predicted molar refractivity (Wildman–Crippen MR) is 71.3 cm³/mol. The van der Waals surface area contributed by atoms with Crippen molar-refractivity contribution >= 4 is 6.09 Å². The number of rotatable bonds is 2. The van der Waals surface area contributed by atoms with E-state index in [2.05, 4.69) is 0 Å². The molecule has 2 rings (SSSR count). The zero-order valence-electron chi connectivity index (χ0n) is 10.6. The Kier molecular flexibility index (Phi) is 4.54. The maximum atomic E-state index is 11.9. The highest BCUT2D eigenvalue weighted by molar-refractivity contribution is 5.68. The van der Waals surface area contributed by atoms with E-state index in [0.717, 1.165) is 5.56 Å². The number of nitrogens with zero attached hydrogens (tertiary/aromatic N) is 1. The highest BCUT2D eigenvalue weighted by Gasteiger charge is 2.23. The first kappa shape index (κ1) is 13.6. The van der Waals surface area contributed by atoms with Gasteiger partial charge in [0.25, 0.3) is 0 Å². The van der Waals surface area contributed by atoms with Crippen LogP contribution >= 0.6 is 0 Å². The molecule has 0 fully saturated rings. The van der Waals surface area contributed by atoms with E-state index in [1.807, 2.05) is 30.3 Å². The number of carbonyl (C=O) groups excluding carboxylic acids is 1. The lowest BCUT2D eigenvalue weighted by molar-refractivity contribution is 0.0927. The molecule has 3 N–H and O–H groups in total. The minimum atomic E-state index is -0.716. The second kappa shape index (κ2) is 6.36. The summed E-state index contributed by atoms with van der Waals surface area (Å²) in [6.07, 6.45) is 2.20. The first-order valence-corrected chi connectivity index (χ1v) is 6.23. The summed E-state index contributed by atoms with van der Waals surface area (Å²) >= 11 is 0. The SMILES string of the molecule is N[C@@H]1CN(C(=O)OCc2ccccc2)CC=C[C@H]1O. The summed E-state index contributed by atoms with van der Waals surface area (Å²) in [6.45, 7) is 0.915. The van der Waals surface area contributed by atoms with Gasteiger partial charge in [-0.05, 0) is 5.56 Å². The maximum absolute atomic E-state index is 11.9. The van der Waals surface area contributed by atoms with Gasteiger partial charge in [-0.1, -0.05) is 42.5 Å². The van der Waals surface area contributed by atoms with Crippen LogP contribution in [-0.4, -0.2) is 41.3 Å². The molecule has 0 spiro atoms. The number of hydrogen-bond donors (Lipinski definition) is 2. The molecular weight excluding hydrogens is 244 g/mol. The monoisotopic (exact) mass is 262 g/mol. The molecule has 1 aromatic carbocycles. The van der Waals surface area contributed by atoms with Gasteiger partial charge >= 0.3 is 6.09 Å². The van der Waals surface area contributed by atoms with Crippen LogP contribution < -0.4 is 5.73 Å². The van der Waals surface area contributed by atoms with Crippen molar-refractivity contribution in [2.45, 2.75) is 18.8 Å². The third-order valence-corrected chi connectivity index (χ3v) is 2.99. The van der Waals surface area contributed by atoms with E-state index in [9.17, 15) is 9.90 Å². The van der Waals surface area contributed by atoms with Gasteiger partial charge in [0.05, 0.1) is 12.1 Å². The highest BCUT2D eigenvalue weighted by Crippen LogP contribution is 2.07. The van der Waals surface area contributed by atoms with Crippen LogP contribution in [0.1, 0.15) is 5.56 Å². The van der Waals surface area contributed by atoms with Crippen molar-refractivity contribution < 1.29 is 14.6 Å². The molecule has 2 atom stereocenters. The smallest absolute Gasteiger partial charge is 0.410 e. The maximum Gasteiger partial charge on any atom is 0.410 e. The largest absolute Gasteiger partial charge is 0.445 e. The molecule has 1 amide bonds. The Morgan fingerprint density at radius 3 is 2.89 bits per heavy atom. The van der Waals surface area contributed by atoms with Crippen LogP contribution in [0.15, 0.2) is 42.5 Å². The Hall–Kier alpha value is -1.85. The van der Waals surface area contributed by atoms with Gasteiger partial charge in [0.15, 0.2) is 0 Å². The molecule has 0 saturated carbocycles. The Balaban J connectivity index is 1.88. The number of amides is 1. The lowest BCUT2D eigenvalue weighted by Gasteiger charge is -2.23. The number of hydrogen-bond acceptors (Lipinski definition) is 4. The van der Waals surface area contributed by atoms with Crippen molar-refractivity contribution in [3.05, 3.63) is 48.0 Å². The topological polar surface area (TPSA) is 75.8 Å². The van der Waals surface area contributed by atoms with E-state index in [4.69, 9.17) is 10.5 Å². The second-order valence-electron chi connectivity index (χ2n) is 4.53. The molecular formula is C14H18N2O3. The average molecular weight is 262 g/mol. The van der Waals surface area contributed by atoms with Crippen LogP contribution in [0, 0.1) is 0 Å². The van der Waals surface area contributed by atoms with Gasteiger partial charge < -0.3 is 20.5 Å². The lowest BCUT2D eigenvalue weighted by atomic mass is 10.2. The van der Waals surface area contributed by atoms with E-state index >= 15 is 0 Å². The molecule has 19 heavy (non-hydrogen) atoms. The van der Waals surface area contributed by atoms with Crippen molar-refractivity contribution in [1.82, 2.24) is 4.90 Å². The molecule has 0 aromatic heterocycles. The summed E-state index contributed by atoms with van der Waals surface area (Å²) in [5, 5.41) is 9.57. The van der Waals surface area contributed by atoms with Gasteiger partial charge in [-0.3, -0.25) is 0 Å². The fraction of sp³-hybridized carbons (Fsp3) is 0.357. The third-order valence-electron chi connectivity index (χ3n) is 2.99. The fourth-order valence-electron chi connectivity index (χ4n) is 1.87. The van der Waals surface area contributed by atoms with E-state index in [-0.39, 0.29) is 13.2 Å². The van der Waals surface area contributed by atoms with Crippen molar-refractivity contribution in [2.75, 3.05) is 13.1 Å². The molecule has 1 heterocycles. The van der Waals surface area contributed by atoms with Crippen molar-refractivity contribution in [2.24, 2.45) is 5.73 Å². The predicted octanol–water partition coefficient (Wildman–Crippen LogP) is 0.883. The van der Waals surface area contributed by atoms with Gasteiger partial charge in [0.1, 0.15) is 6.61 Å². The van der Waals surface area contributed by atoms with Crippen LogP contribution in [0.5, 0.6) is 0 Å². The first-order valence-electron chi connectivity index (χ1n) is 6.23. The van der Waals surface area contributed by atoms with Crippen LogP contribution in [0.25, 0.3) is 0 Å². The number of benzene rings is 1. The Morgan fingerprint density at radius 1 is 1.42 bits per heavy atom. The molecule has 1 aliphatic heterocycles. The van der Waals surface area contributed by atoms with E-state index in [0.29, 0.717) is 6.54 Å². The van der Waals surface area contributed by atoms with Crippen molar-refractivity contribution in [3.63, 3.8) is 0 Å². The molecule has 1 aliphatic rings. The van der Waals surface area contributed by atoms with E-state index in [1.54, 1.807) is 12.2 Å². The third kappa shape index (κ3) is 3.81. The average Bonchev–Trinajstić information content (AvgIpc) is 2.60. The standard InChI is InChI=1S/C14H18N2O3/c15-12-9-16(8-4-7-13(12)17)14(18)19-10-11-5-2-1-3-6-11/h1-7,12-13,17H,8-10,15H2/t12-,13-/m1/s1. The van der Waals surface area contributed by atoms with Gasteiger partial charge in [0.2, 0.25) is 0 Å². The molecule has 0 aliphatic carbocycles. The van der Waals surface area contributed by atoms with Crippen LogP contribution in [0.3, 0.4) is 0 Å². The Morgan fingerprint density at radius 2 is 2.16 bits per heavy atom. The summed E-state index contributed by atoms with van der Waals surface area (Å²) < 4.78 is 5.22. The number of nitrogens with two attached hydrogens (primary N) is 1. The normalized spacial score (nSPS) is 22.9. The molecule has 0 radical (unpaired) electrons. The molecule has 0 bridgehead atoms. The molecule has 0 saturated heterocycles. The number of aliphatic hydroxyl groups excluding tert-OH is 1. The molecule has 0 unspecified atom stereocenters. The van der Waals surface area contributed by atoms with E-state index < -0.39 is 18.2 Å². The number of ether oxygens (including phenoxy) is 1. The van der Waals surface area contributed by atoms with Crippen molar-refractivity contribution in [3.8, 4) is 0 Å². The molecule has 5 heteroatoms. The molecule has 1 aromatic rings. The zero-order chi connectivity index (χ0) is 13.7. The summed E-state index contributed by atoms with van der Waals surface area (Å²) in [4.78, 5) is 13.4. The summed E-state index contributed by atoms with van der Waals surface area (Å²) in [6, 6.07) is 9.00. The Bertz CT molecular complexity index is 447. The minimum Gasteiger partial charge on any atom is -0.445 e. The quantitative estimate of drug-likeness (QED) is 0.776. The van der Waals surface area contributed by atoms with Crippen LogP contribution in [-0.2, 0) is 11.3 Å². The zero-order valence-corrected chi connectivity index (χ0v) is 10.6. The second-order valence-corrected chi connectivity index (χ2v) is 4.53. The fourth-order valence-corrected chi connectivity index (χ4v) is 1.87. The van der Waals surface area contributed by atoms with Crippen LogP contribution in [0.4, 0.5) is 4.79 Å². The van der Waals surface area contributed by atoms with Crippen LogP contribution in [0.2, 0.25) is 0 Å². The highest BCUT2D eigenvalue weighted by atomic mass is 16.6. The van der Waals surface area contributed by atoms with Gasteiger partial charge in [-0.2, -0.15) is 0 Å². The molecule has 5 nitrogen and oxygen atoms in total. The van der Waals surface area contributed by atoms with Gasteiger partial charge in [-0.15, -0.1) is 0 Å². The van der Waals surface area contributed by atoms with Crippen molar-refractivity contribution in [1.29, 1.82) is 0 Å². The minimum absolute atomic E-state index is 0.234.